The molecule has 1 unspecified atom stereocenters. The monoisotopic (exact) mass is 500 g/mol. The summed E-state index contributed by atoms with van der Waals surface area (Å²) in [5, 5.41) is 8.18. The summed E-state index contributed by atoms with van der Waals surface area (Å²) in [6, 6.07) is 6.27. The van der Waals surface area contributed by atoms with Crippen LogP contribution in [0.25, 0.3) is 0 Å². The highest BCUT2D eigenvalue weighted by molar-refractivity contribution is 6.00. The molecule has 10 nitrogen and oxygen atoms in total. The van der Waals surface area contributed by atoms with Gasteiger partial charge in [-0.1, -0.05) is 19.3 Å². The minimum Gasteiger partial charge on any atom is -0.459 e. The molecule has 1 aliphatic heterocycles. The van der Waals surface area contributed by atoms with Gasteiger partial charge in [-0.3, -0.25) is 19.7 Å². The van der Waals surface area contributed by atoms with Crippen molar-refractivity contribution in [3.05, 3.63) is 48.2 Å². The van der Waals surface area contributed by atoms with Crippen molar-refractivity contribution in [2.45, 2.75) is 50.1 Å². The van der Waals surface area contributed by atoms with Gasteiger partial charge in [-0.2, -0.15) is 0 Å². The number of furan rings is 1. The quantitative estimate of drug-likeness (QED) is 0.556. The molecule has 3 N–H and O–H groups in total. The van der Waals surface area contributed by atoms with Gasteiger partial charge in [-0.05, 0) is 49.6 Å². The van der Waals surface area contributed by atoms with Crippen LogP contribution in [0.3, 0.4) is 0 Å². The normalized spacial score (nSPS) is 19.3. The van der Waals surface area contributed by atoms with Gasteiger partial charge < -0.3 is 24.7 Å². The Bertz CT molecular complexity index is 1130. The van der Waals surface area contributed by atoms with Crippen molar-refractivity contribution in [1.29, 1.82) is 0 Å². The zero-order valence-corrected chi connectivity index (χ0v) is 20.0. The first-order valence-corrected chi connectivity index (χ1v) is 11.9. The lowest BCUT2D eigenvalue weighted by Crippen LogP contribution is -2.63. The second kappa shape index (κ2) is 10.8. The van der Waals surface area contributed by atoms with Gasteiger partial charge in [0.15, 0.2) is 11.5 Å². The topological polar surface area (TPSA) is 130 Å². The van der Waals surface area contributed by atoms with Crippen molar-refractivity contribution in [2.75, 3.05) is 30.4 Å². The molecule has 1 saturated heterocycles. The molecule has 1 saturated carbocycles. The second-order valence-electron chi connectivity index (χ2n) is 9.05. The number of methoxy groups -OCH3 is 1. The Balaban J connectivity index is 1.44. The van der Waals surface area contributed by atoms with E-state index in [2.05, 4.69) is 20.7 Å². The van der Waals surface area contributed by atoms with Gasteiger partial charge in [0.1, 0.15) is 11.4 Å². The van der Waals surface area contributed by atoms with Gasteiger partial charge in [0.25, 0.3) is 5.91 Å². The number of benzene rings is 1. The summed E-state index contributed by atoms with van der Waals surface area (Å²) < 4.78 is 23.5. The first-order valence-electron chi connectivity index (χ1n) is 11.9. The van der Waals surface area contributed by atoms with Crippen molar-refractivity contribution in [2.24, 2.45) is 0 Å². The number of carbonyl (C=O) groups is 4. The van der Waals surface area contributed by atoms with Crippen LogP contribution in [0, 0.1) is 5.82 Å². The molecular weight excluding hydrogens is 471 g/mol. The summed E-state index contributed by atoms with van der Waals surface area (Å²) in [7, 11) is 1.20. The van der Waals surface area contributed by atoms with Gasteiger partial charge in [-0.25, -0.2) is 9.18 Å². The highest BCUT2D eigenvalue weighted by Crippen LogP contribution is 2.31. The fourth-order valence-electron chi connectivity index (χ4n) is 4.77. The van der Waals surface area contributed by atoms with Crippen LogP contribution in [0.4, 0.5) is 20.6 Å². The van der Waals surface area contributed by atoms with Gasteiger partial charge in [-0.15, -0.1) is 0 Å². The van der Waals surface area contributed by atoms with E-state index in [1.807, 2.05) is 0 Å². The molecular formula is C25H29FN4O6. The summed E-state index contributed by atoms with van der Waals surface area (Å²) in [5.74, 6) is -1.52. The molecule has 3 amide bonds. The summed E-state index contributed by atoms with van der Waals surface area (Å²) in [5.41, 5.74) is -0.470. The molecule has 1 aliphatic carbocycles. The van der Waals surface area contributed by atoms with Crippen LogP contribution < -0.4 is 20.9 Å². The molecule has 2 heterocycles. The van der Waals surface area contributed by atoms with Gasteiger partial charge in [0, 0.05) is 6.54 Å². The number of rotatable bonds is 6. The third-order valence-electron chi connectivity index (χ3n) is 6.69. The molecule has 192 valence electrons. The molecule has 2 aromatic rings. The number of Topliss-reactive ketones (excluding diaryl/α,β-unsaturated/α-hetero) is 1. The van der Waals surface area contributed by atoms with Crippen LogP contribution in [0.1, 0.15) is 49.1 Å². The van der Waals surface area contributed by atoms with E-state index in [1.165, 1.54) is 31.6 Å². The molecule has 1 aromatic carbocycles. The molecule has 1 aromatic heterocycles. The molecule has 11 heteroatoms. The fourth-order valence-corrected chi connectivity index (χ4v) is 4.77. The first-order chi connectivity index (χ1) is 17.3. The number of hydrogen-bond acceptors (Lipinski definition) is 7. The van der Waals surface area contributed by atoms with Crippen molar-refractivity contribution in [1.82, 2.24) is 10.6 Å². The van der Waals surface area contributed by atoms with Crippen molar-refractivity contribution < 1.29 is 32.7 Å². The Morgan fingerprint density at radius 1 is 1.17 bits per heavy atom. The number of piperidine rings is 1. The molecule has 36 heavy (non-hydrogen) atoms. The van der Waals surface area contributed by atoms with Gasteiger partial charge in [0.05, 0.1) is 37.3 Å². The number of amides is 3. The van der Waals surface area contributed by atoms with E-state index in [0.29, 0.717) is 31.5 Å². The average molecular weight is 501 g/mol. The zero-order valence-electron chi connectivity index (χ0n) is 20.0. The third kappa shape index (κ3) is 5.50. The van der Waals surface area contributed by atoms with E-state index in [-0.39, 0.29) is 29.7 Å². The average Bonchev–Trinajstić information content (AvgIpc) is 3.41. The maximum Gasteiger partial charge on any atom is 0.411 e. The van der Waals surface area contributed by atoms with Crippen LogP contribution in [-0.2, 0) is 14.3 Å². The van der Waals surface area contributed by atoms with Crippen LogP contribution in [-0.4, -0.2) is 55.5 Å². The first kappa shape index (κ1) is 25.2. The molecule has 4 rings (SSSR count). The number of hydrogen-bond donors (Lipinski definition) is 3. The van der Waals surface area contributed by atoms with E-state index in [1.54, 1.807) is 11.0 Å². The summed E-state index contributed by atoms with van der Waals surface area (Å²) in [6.45, 7) is 0.335. The Labute approximate surface area is 207 Å². The molecule has 2 aliphatic rings. The fraction of sp³-hybridized carbons (Fsp3) is 0.440. The highest BCUT2D eigenvalue weighted by atomic mass is 19.1. The smallest absolute Gasteiger partial charge is 0.411 e. The lowest BCUT2D eigenvalue weighted by atomic mass is 9.80. The van der Waals surface area contributed by atoms with E-state index in [0.717, 1.165) is 25.3 Å². The number of ketones is 1. The Hall–Kier alpha value is -3.89. The van der Waals surface area contributed by atoms with Crippen molar-refractivity contribution in [3.63, 3.8) is 0 Å². The number of carbonyl (C=O) groups excluding carboxylic acids is 4. The number of halogens is 1. The van der Waals surface area contributed by atoms with E-state index in [9.17, 15) is 23.6 Å². The second-order valence-corrected chi connectivity index (χ2v) is 9.05. The third-order valence-corrected chi connectivity index (χ3v) is 6.69. The van der Waals surface area contributed by atoms with E-state index >= 15 is 0 Å². The number of nitrogens with zero attached hydrogens (tertiary/aromatic N) is 1. The van der Waals surface area contributed by atoms with Gasteiger partial charge in [0.2, 0.25) is 5.91 Å². The van der Waals surface area contributed by atoms with Crippen LogP contribution in [0.2, 0.25) is 0 Å². The SMILES string of the molecule is COC(=O)Nc1cc(F)ccc1N1CCC(NC(=O)C2(NC(=O)c3ccco3)CCCCC2)C(=O)C1. The largest absolute Gasteiger partial charge is 0.459 e. The Morgan fingerprint density at radius 3 is 2.61 bits per heavy atom. The number of nitrogens with one attached hydrogen (secondary N) is 3. The van der Waals surface area contributed by atoms with Crippen LogP contribution in [0.5, 0.6) is 0 Å². The number of ether oxygens (including phenoxy) is 1. The predicted molar refractivity (Wildman–Crippen MR) is 128 cm³/mol. The molecule has 2 fully saturated rings. The van der Waals surface area contributed by atoms with Crippen LogP contribution >= 0.6 is 0 Å². The Kier molecular flexibility index (Phi) is 7.56. The maximum atomic E-state index is 13.8. The van der Waals surface area contributed by atoms with Crippen molar-refractivity contribution >= 4 is 35.1 Å². The lowest BCUT2D eigenvalue weighted by Gasteiger charge is -2.39. The molecule has 0 spiro atoms. The molecule has 0 radical (unpaired) electrons. The molecule has 0 bridgehead atoms. The minimum absolute atomic E-state index is 0.0435. The van der Waals surface area contributed by atoms with E-state index < -0.39 is 29.4 Å². The minimum atomic E-state index is -1.12. The highest BCUT2D eigenvalue weighted by Gasteiger charge is 2.43. The summed E-state index contributed by atoms with van der Waals surface area (Å²) in [4.78, 5) is 52.5. The maximum absolute atomic E-state index is 13.8. The Morgan fingerprint density at radius 2 is 1.94 bits per heavy atom. The summed E-state index contributed by atoms with van der Waals surface area (Å²) >= 11 is 0. The van der Waals surface area contributed by atoms with Crippen LogP contribution in [0.15, 0.2) is 41.0 Å². The molecule has 1 atom stereocenters. The number of anilines is 2. The predicted octanol–water partition coefficient (Wildman–Crippen LogP) is 2.99. The zero-order chi connectivity index (χ0) is 25.7. The van der Waals surface area contributed by atoms with E-state index in [4.69, 9.17) is 4.42 Å². The van der Waals surface area contributed by atoms with Crippen molar-refractivity contribution in [3.8, 4) is 0 Å². The standard InChI is InChI=1S/C25H29FN4O6/c1-35-24(34)28-18-14-16(26)7-8-19(18)30-12-9-17(20(31)15-30)27-23(33)25(10-3-2-4-11-25)29-22(32)21-6-5-13-36-21/h5-8,13-14,17H,2-4,9-12,15H2,1H3,(H,27,33)(H,28,34)(H,29,32). The summed E-state index contributed by atoms with van der Waals surface area (Å²) in [6.07, 6.45) is 4.39. The van der Waals surface area contributed by atoms with Gasteiger partial charge >= 0.3 is 6.09 Å². The lowest BCUT2D eigenvalue weighted by molar-refractivity contribution is -0.133.